The lowest BCUT2D eigenvalue weighted by Crippen LogP contribution is -2.31. The average molecular weight is 953 g/mol. The molecule has 2 aliphatic rings. The molecule has 13 rings (SSSR count). The lowest BCUT2D eigenvalue weighted by molar-refractivity contribution is 0.632. The summed E-state index contributed by atoms with van der Waals surface area (Å²) in [4.78, 5) is 5.06. The lowest BCUT2D eigenvalue weighted by atomic mass is 9.72. The Morgan fingerprint density at radius 2 is 0.865 bits per heavy atom. The quantitative estimate of drug-likeness (QED) is 0.133. The monoisotopic (exact) mass is 952 g/mol. The predicted molar refractivity (Wildman–Crippen MR) is 316 cm³/mol. The topological polar surface area (TPSA) is 6.48 Å². The molecule has 11 aromatic carbocycles. The van der Waals surface area contributed by atoms with Crippen LogP contribution < -0.4 is 9.80 Å². The first kappa shape index (κ1) is 45.4. The summed E-state index contributed by atoms with van der Waals surface area (Å²) in [7, 11) is 0. The van der Waals surface area contributed by atoms with Gasteiger partial charge in [-0.1, -0.05) is 230 Å². The van der Waals surface area contributed by atoms with Gasteiger partial charge in [0.25, 0.3) is 0 Å². The molecular formula is C72H60N2. The Morgan fingerprint density at radius 1 is 0.365 bits per heavy atom. The van der Waals surface area contributed by atoms with E-state index in [1.807, 2.05) is 0 Å². The summed E-state index contributed by atoms with van der Waals surface area (Å²) in [6.07, 6.45) is 1.80. The summed E-state index contributed by atoms with van der Waals surface area (Å²) in [5.41, 5.74) is 24.8. The Morgan fingerprint density at radius 3 is 1.59 bits per heavy atom. The minimum atomic E-state index is -0.255. The number of anilines is 6. The molecule has 1 aliphatic carbocycles. The van der Waals surface area contributed by atoms with Crippen molar-refractivity contribution >= 4 is 55.7 Å². The van der Waals surface area contributed by atoms with Gasteiger partial charge in [0, 0.05) is 39.0 Å². The van der Waals surface area contributed by atoms with E-state index in [4.69, 9.17) is 0 Å². The van der Waals surface area contributed by atoms with Gasteiger partial charge in [-0.3, -0.25) is 0 Å². The van der Waals surface area contributed by atoms with Crippen LogP contribution in [0.4, 0.5) is 34.1 Å². The van der Waals surface area contributed by atoms with Gasteiger partial charge in [0.05, 0.1) is 17.1 Å². The summed E-state index contributed by atoms with van der Waals surface area (Å²) >= 11 is 0. The van der Waals surface area contributed by atoms with Crippen molar-refractivity contribution in [3.63, 3.8) is 0 Å². The van der Waals surface area contributed by atoms with Gasteiger partial charge in [-0.15, -0.1) is 0 Å². The number of benzene rings is 11. The van der Waals surface area contributed by atoms with Crippen molar-refractivity contribution in [3.05, 3.63) is 264 Å². The molecular weight excluding hydrogens is 893 g/mol. The normalized spacial score (nSPS) is 13.8. The fourth-order valence-corrected chi connectivity index (χ4v) is 13.1. The molecule has 0 aromatic heterocycles. The molecule has 0 saturated heterocycles. The lowest BCUT2D eigenvalue weighted by Gasteiger charge is -2.43. The number of hydrogen-bond acceptors (Lipinski definition) is 2. The number of rotatable bonds is 9. The highest BCUT2D eigenvalue weighted by molar-refractivity contribution is 6.22. The first-order chi connectivity index (χ1) is 36.2. The van der Waals surface area contributed by atoms with Crippen molar-refractivity contribution in [3.8, 4) is 44.5 Å². The summed E-state index contributed by atoms with van der Waals surface area (Å²) in [6, 6.07) is 86.7. The van der Waals surface area contributed by atoms with Gasteiger partial charge < -0.3 is 9.80 Å². The highest BCUT2D eigenvalue weighted by atomic mass is 15.2. The van der Waals surface area contributed by atoms with Crippen molar-refractivity contribution in [2.75, 3.05) is 9.80 Å². The van der Waals surface area contributed by atoms with Crippen LogP contribution in [0.3, 0.4) is 0 Å². The van der Waals surface area contributed by atoms with E-state index in [1.165, 1.54) is 122 Å². The fraction of sp³-hybridized carbons (Fsp3) is 0.139. The maximum Gasteiger partial charge on any atom is 0.0581 e. The van der Waals surface area contributed by atoms with E-state index in [1.54, 1.807) is 0 Å². The predicted octanol–water partition coefficient (Wildman–Crippen LogP) is 20.0. The highest BCUT2D eigenvalue weighted by Crippen LogP contribution is 2.58. The third-order valence-corrected chi connectivity index (χ3v) is 16.6. The van der Waals surface area contributed by atoms with Crippen molar-refractivity contribution in [1.29, 1.82) is 0 Å². The molecule has 0 saturated carbocycles. The number of aryl methyl sites for hydroxylation is 2. The second kappa shape index (κ2) is 17.6. The number of nitrogens with zero attached hydrogens (tertiary/aromatic N) is 2. The highest BCUT2D eigenvalue weighted by Gasteiger charge is 2.40. The van der Waals surface area contributed by atoms with Crippen LogP contribution in [0.1, 0.15) is 74.9 Å². The molecule has 0 unspecified atom stereocenters. The Labute approximate surface area is 436 Å². The van der Waals surface area contributed by atoms with Crippen LogP contribution >= 0.6 is 0 Å². The van der Waals surface area contributed by atoms with E-state index in [2.05, 4.69) is 282 Å². The van der Waals surface area contributed by atoms with Gasteiger partial charge in [-0.2, -0.15) is 0 Å². The molecule has 0 radical (unpaired) electrons. The zero-order chi connectivity index (χ0) is 50.3. The molecule has 1 heterocycles. The van der Waals surface area contributed by atoms with Gasteiger partial charge >= 0.3 is 0 Å². The third-order valence-electron chi connectivity index (χ3n) is 16.6. The van der Waals surface area contributed by atoms with E-state index < -0.39 is 0 Å². The Kier molecular flexibility index (Phi) is 10.8. The van der Waals surface area contributed by atoms with Crippen molar-refractivity contribution in [1.82, 2.24) is 0 Å². The molecule has 0 N–H and O–H groups in total. The molecule has 0 fully saturated rings. The second-order valence-electron chi connectivity index (χ2n) is 21.3. The van der Waals surface area contributed by atoms with Crippen LogP contribution in [0, 0.1) is 0 Å². The van der Waals surface area contributed by atoms with Crippen LogP contribution in [0.5, 0.6) is 0 Å². The minimum Gasteiger partial charge on any atom is -0.309 e. The summed E-state index contributed by atoms with van der Waals surface area (Å²) in [5, 5.41) is 4.94. The average Bonchev–Trinajstić information content (AvgIpc) is 3.73. The first-order valence-corrected chi connectivity index (χ1v) is 26.6. The van der Waals surface area contributed by atoms with Crippen molar-refractivity contribution < 1.29 is 0 Å². The summed E-state index contributed by atoms with van der Waals surface area (Å²) < 4.78 is 0. The number of hydrogen-bond donors (Lipinski definition) is 0. The molecule has 358 valence electrons. The Bertz CT molecular complexity index is 3990. The van der Waals surface area contributed by atoms with Crippen molar-refractivity contribution in [2.45, 2.75) is 65.2 Å². The van der Waals surface area contributed by atoms with Gasteiger partial charge in [-0.05, 0) is 144 Å². The van der Waals surface area contributed by atoms with Crippen LogP contribution in [0.2, 0.25) is 0 Å². The van der Waals surface area contributed by atoms with Crippen molar-refractivity contribution in [2.24, 2.45) is 0 Å². The van der Waals surface area contributed by atoms with Crippen LogP contribution in [0.25, 0.3) is 66.1 Å². The molecule has 11 aromatic rings. The minimum absolute atomic E-state index is 0.156. The van der Waals surface area contributed by atoms with E-state index >= 15 is 0 Å². The van der Waals surface area contributed by atoms with Gasteiger partial charge in [0.15, 0.2) is 0 Å². The van der Waals surface area contributed by atoms with Gasteiger partial charge in [0.1, 0.15) is 0 Å². The first-order valence-electron chi connectivity index (χ1n) is 26.6. The van der Waals surface area contributed by atoms with E-state index in [0.717, 1.165) is 24.2 Å². The van der Waals surface area contributed by atoms with Gasteiger partial charge in [0.2, 0.25) is 0 Å². The molecule has 0 amide bonds. The third kappa shape index (κ3) is 6.85. The largest absolute Gasteiger partial charge is 0.309 e. The Hall–Kier alpha value is -8.46. The van der Waals surface area contributed by atoms with Gasteiger partial charge in [-0.25, -0.2) is 0 Å². The second-order valence-corrected chi connectivity index (χ2v) is 21.3. The maximum absolute atomic E-state index is 2.54. The van der Waals surface area contributed by atoms with E-state index in [0.29, 0.717) is 0 Å². The smallest absolute Gasteiger partial charge is 0.0581 e. The molecule has 0 bridgehead atoms. The molecule has 0 spiro atoms. The van der Waals surface area contributed by atoms with Crippen LogP contribution in [0.15, 0.2) is 231 Å². The van der Waals surface area contributed by atoms with Crippen LogP contribution in [-0.4, -0.2) is 0 Å². The molecule has 1 aliphatic heterocycles. The molecule has 2 nitrogen and oxygen atoms in total. The molecule has 74 heavy (non-hydrogen) atoms. The van der Waals surface area contributed by atoms with E-state index in [-0.39, 0.29) is 10.8 Å². The maximum atomic E-state index is 2.54. The summed E-state index contributed by atoms with van der Waals surface area (Å²) in [5.74, 6) is 0. The standard InChI is InChI=1S/C72H60N2/c1-7-47-26-15-19-44-65(47)73(49-28-11-9-12-29-49)69-48(8-2)27-21-37-55(69)51-33-22-35-53-59(51)46-60-52(34-23-36-54(60)67(53)58-39-25-42-63-68(58)57-32-16-17-40-61(57)71(63,3)4)56-38-24-43-64-70(56)74(50-30-13-10-14-31-50)66-45-20-18-41-62(66)72(64,5)6/h9-46H,7-8H2,1-6H3. The van der Waals surface area contributed by atoms with E-state index in [9.17, 15) is 0 Å². The Balaban J connectivity index is 1.17. The summed E-state index contributed by atoms with van der Waals surface area (Å²) in [6.45, 7) is 14.2. The fourth-order valence-electron chi connectivity index (χ4n) is 13.1. The molecule has 0 atom stereocenters. The SMILES string of the molecule is CCc1ccccc1N(c1ccccc1)c1c(CC)cccc1-c1cccc2c(-c3cccc4c3-c3ccccc3C4(C)C)c3cccc(-c4cccc5c4N(c4ccccc4)c4ccccc4C5(C)C)c3cc12. The zero-order valence-electron chi connectivity index (χ0n) is 43.2. The number of fused-ring (bicyclic) bond motifs is 7. The van der Waals surface area contributed by atoms with Crippen LogP contribution in [-0.2, 0) is 23.7 Å². The molecule has 2 heteroatoms. The zero-order valence-corrected chi connectivity index (χ0v) is 43.2. The number of para-hydroxylation sites is 6.